The van der Waals surface area contributed by atoms with Gasteiger partial charge in [-0.15, -0.1) is 0 Å². The maximum absolute atomic E-state index is 11.1. The van der Waals surface area contributed by atoms with E-state index in [1.165, 1.54) is 18.5 Å². The molecule has 1 aromatic carbocycles. The fourth-order valence-corrected chi connectivity index (χ4v) is 3.52. The predicted octanol–water partition coefficient (Wildman–Crippen LogP) is 1.66. The van der Waals surface area contributed by atoms with Crippen molar-refractivity contribution in [2.24, 2.45) is 11.7 Å². The number of hydrogen-bond acceptors (Lipinski definition) is 5. The van der Waals surface area contributed by atoms with E-state index in [1.807, 2.05) is 12.1 Å². The highest BCUT2D eigenvalue weighted by atomic mass is 16.1. The van der Waals surface area contributed by atoms with Gasteiger partial charge in [0.05, 0.1) is 17.3 Å². The van der Waals surface area contributed by atoms with Crippen LogP contribution in [-0.4, -0.2) is 47.2 Å². The average molecular weight is 337 g/mol. The van der Waals surface area contributed by atoms with Crippen molar-refractivity contribution in [2.75, 3.05) is 31.1 Å². The highest BCUT2D eigenvalue weighted by Gasteiger charge is 2.30. The molecule has 0 unspecified atom stereocenters. The van der Waals surface area contributed by atoms with E-state index in [-0.39, 0.29) is 11.8 Å². The molecule has 2 fully saturated rings. The SMILES string of the molecule is NC(=O)C1CN(Cc2ccc(-c3ccc(N4CCCC4)cc3)nn2)C1. The molecule has 1 amide bonds. The molecule has 25 heavy (non-hydrogen) atoms. The normalized spacial score (nSPS) is 18.3. The Morgan fingerprint density at radius 1 is 1.04 bits per heavy atom. The number of amides is 1. The van der Waals surface area contributed by atoms with Gasteiger partial charge >= 0.3 is 0 Å². The highest BCUT2D eigenvalue weighted by Crippen LogP contribution is 2.24. The fourth-order valence-electron chi connectivity index (χ4n) is 3.52. The Hall–Kier alpha value is -2.47. The van der Waals surface area contributed by atoms with Crippen LogP contribution in [0.25, 0.3) is 11.3 Å². The topological polar surface area (TPSA) is 75.4 Å². The quantitative estimate of drug-likeness (QED) is 0.898. The predicted molar refractivity (Wildman–Crippen MR) is 96.9 cm³/mol. The first-order chi connectivity index (χ1) is 12.2. The molecule has 130 valence electrons. The number of rotatable bonds is 5. The lowest BCUT2D eigenvalue weighted by molar-refractivity contribution is -0.127. The van der Waals surface area contributed by atoms with Gasteiger partial charge in [-0.2, -0.15) is 10.2 Å². The van der Waals surface area contributed by atoms with Crippen molar-refractivity contribution in [1.82, 2.24) is 15.1 Å². The van der Waals surface area contributed by atoms with Gasteiger partial charge in [0.25, 0.3) is 0 Å². The van der Waals surface area contributed by atoms with Crippen LogP contribution in [0.5, 0.6) is 0 Å². The summed E-state index contributed by atoms with van der Waals surface area (Å²) in [4.78, 5) is 15.6. The number of benzene rings is 1. The third-order valence-electron chi connectivity index (χ3n) is 5.10. The van der Waals surface area contributed by atoms with E-state index in [9.17, 15) is 4.79 Å². The molecule has 0 atom stereocenters. The molecule has 2 aliphatic heterocycles. The summed E-state index contributed by atoms with van der Waals surface area (Å²) < 4.78 is 0. The lowest BCUT2D eigenvalue weighted by atomic mass is 9.99. The van der Waals surface area contributed by atoms with Crippen molar-refractivity contribution in [3.63, 3.8) is 0 Å². The number of aromatic nitrogens is 2. The van der Waals surface area contributed by atoms with Crippen LogP contribution in [0, 0.1) is 5.92 Å². The second-order valence-electron chi connectivity index (χ2n) is 6.94. The molecule has 2 aromatic rings. The molecule has 6 heteroatoms. The van der Waals surface area contributed by atoms with Gasteiger partial charge in [0.1, 0.15) is 0 Å². The van der Waals surface area contributed by atoms with Crippen LogP contribution in [0.3, 0.4) is 0 Å². The van der Waals surface area contributed by atoms with Crippen molar-refractivity contribution in [1.29, 1.82) is 0 Å². The first-order valence-corrected chi connectivity index (χ1v) is 8.89. The van der Waals surface area contributed by atoms with E-state index < -0.39 is 0 Å². The standard InChI is InChI=1S/C19H23N5O/c20-19(25)15-11-23(12-15)13-16-5-8-18(22-21-16)14-3-6-17(7-4-14)24-9-1-2-10-24/h3-8,15H,1-2,9-13H2,(H2,20,25). The number of anilines is 1. The molecule has 4 rings (SSSR count). The summed E-state index contributed by atoms with van der Waals surface area (Å²) in [5.41, 5.74) is 9.46. The number of carbonyl (C=O) groups excluding carboxylic acids is 1. The van der Waals surface area contributed by atoms with E-state index in [0.29, 0.717) is 6.54 Å². The van der Waals surface area contributed by atoms with Gasteiger partial charge in [0.15, 0.2) is 0 Å². The summed E-state index contributed by atoms with van der Waals surface area (Å²) in [7, 11) is 0. The summed E-state index contributed by atoms with van der Waals surface area (Å²) in [6, 6.07) is 12.6. The maximum Gasteiger partial charge on any atom is 0.223 e. The first kappa shape index (κ1) is 16.0. The van der Waals surface area contributed by atoms with Gasteiger partial charge < -0.3 is 10.6 Å². The van der Waals surface area contributed by atoms with Gasteiger partial charge in [-0.25, -0.2) is 0 Å². The van der Waals surface area contributed by atoms with E-state index >= 15 is 0 Å². The van der Waals surface area contributed by atoms with Crippen LogP contribution in [0.2, 0.25) is 0 Å². The van der Waals surface area contributed by atoms with Gasteiger partial charge in [-0.05, 0) is 37.1 Å². The van der Waals surface area contributed by atoms with Gasteiger partial charge in [0, 0.05) is 44.0 Å². The smallest absolute Gasteiger partial charge is 0.223 e. The summed E-state index contributed by atoms with van der Waals surface area (Å²) >= 11 is 0. The Bertz CT molecular complexity index is 731. The van der Waals surface area contributed by atoms with E-state index in [2.05, 4.69) is 44.3 Å². The van der Waals surface area contributed by atoms with E-state index in [0.717, 1.165) is 43.1 Å². The Morgan fingerprint density at radius 2 is 1.76 bits per heavy atom. The Kier molecular flexibility index (Phi) is 4.36. The van der Waals surface area contributed by atoms with Crippen molar-refractivity contribution >= 4 is 11.6 Å². The van der Waals surface area contributed by atoms with Gasteiger partial charge in [-0.1, -0.05) is 12.1 Å². The summed E-state index contributed by atoms with van der Waals surface area (Å²) in [6.45, 7) is 4.46. The zero-order valence-corrected chi connectivity index (χ0v) is 14.3. The Morgan fingerprint density at radius 3 is 2.36 bits per heavy atom. The van der Waals surface area contributed by atoms with Gasteiger partial charge in [0.2, 0.25) is 5.91 Å². The number of hydrogen-bond donors (Lipinski definition) is 1. The van der Waals surface area contributed by atoms with Crippen LogP contribution in [0.15, 0.2) is 36.4 Å². The van der Waals surface area contributed by atoms with Crippen LogP contribution >= 0.6 is 0 Å². The molecular weight excluding hydrogens is 314 g/mol. The maximum atomic E-state index is 11.1. The molecule has 2 N–H and O–H groups in total. The molecule has 1 aromatic heterocycles. The minimum absolute atomic E-state index is 0.0126. The van der Waals surface area contributed by atoms with Crippen LogP contribution in [0.1, 0.15) is 18.5 Å². The van der Waals surface area contributed by atoms with E-state index in [1.54, 1.807) is 0 Å². The number of carbonyl (C=O) groups is 1. The van der Waals surface area contributed by atoms with Crippen LogP contribution < -0.4 is 10.6 Å². The van der Waals surface area contributed by atoms with Gasteiger partial charge in [-0.3, -0.25) is 9.69 Å². The largest absolute Gasteiger partial charge is 0.372 e. The van der Waals surface area contributed by atoms with Crippen LogP contribution in [-0.2, 0) is 11.3 Å². The lowest BCUT2D eigenvalue weighted by Crippen LogP contribution is -2.51. The lowest BCUT2D eigenvalue weighted by Gasteiger charge is -2.36. The number of likely N-dealkylation sites (tertiary alicyclic amines) is 1. The molecular formula is C19H23N5O. The molecule has 0 saturated carbocycles. The van der Waals surface area contributed by atoms with Crippen molar-refractivity contribution < 1.29 is 4.79 Å². The summed E-state index contributed by atoms with van der Waals surface area (Å²) in [6.07, 6.45) is 2.57. The number of primary amides is 1. The summed E-state index contributed by atoms with van der Waals surface area (Å²) in [5.74, 6) is -0.226. The minimum atomic E-state index is -0.213. The monoisotopic (exact) mass is 337 g/mol. The molecule has 0 aliphatic carbocycles. The van der Waals surface area contributed by atoms with E-state index in [4.69, 9.17) is 5.73 Å². The molecule has 0 bridgehead atoms. The molecule has 0 spiro atoms. The number of nitrogens with two attached hydrogens (primary N) is 1. The summed E-state index contributed by atoms with van der Waals surface area (Å²) in [5, 5.41) is 8.69. The minimum Gasteiger partial charge on any atom is -0.372 e. The van der Waals surface area contributed by atoms with Crippen molar-refractivity contribution in [3.8, 4) is 11.3 Å². The van der Waals surface area contributed by atoms with Crippen molar-refractivity contribution in [2.45, 2.75) is 19.4 Å². The Balaban J connectivity index is 1.37. The zero-order chi connectivity index (χ0) is 17.2. The first-order valence-electron chi connectivity index (χ1n) is 8.89. The average Bonchev–Trinajstić information content (AvgIpc) is 3.13. The zero-order valence-electron chi connectivity index (χ0n) is 14.3. The third-order valence-corrected chi connectivity index (χ3v) is 5.10. The molecule has 2 saturated heterocycles. The van der Waals surface area contributed by atoms with Crippen molar-refractivity contribution in [3.05, 3.63) is 42.1 Å². The Labute approximate surface area is 147 Å². The molecule has 3 heterocycles. The molecule has 6 nitrogen and oxygen atoms in total. The fraction of sp³-hybridized carbons (Fsp3) is 0.421. The third kappa shape index (κ3) is 3.49. The second-order valence-corrected chi connectivity index (χ2v) is 6.94. The second kappa shape index (κ2) is 6.80. The molecule has 2 aliphatic rings. The highest BCUT2D eigenvalue weighted by molar-refractivity contribution is 5.78. The molecule has 0 radical (unpaired) electrons. The van der Waals surface area contributed by atoms with Crippen LogP contribution in [0.4, 0.5) is 5.69 Å². The number of nitrogens with zero attached hydrogens (tertiary/aromatic N) is 4.